The third-order valence-corrected chi connectivity index (χ3v) is 1.25. The summed E-state index contributed by atoms with van der Waals surface area (Å²) in [5.74, 6) is 0. The average Bonchev–Trinajstić information content (AvgIpc) is 2.19. The van der Waals surface area contributed by atoms with E-state index >= 15 is 0 Å². The maximum Gasteiger partial charge on any atom is 0.208 e. The van der Waals surface area contributed by atoms with E-state index in [9.17, 15) is 4.79 Å². The third kappa shape index (κ3) is 1.20. The highest BCUT2D eigenvalue weighted by Gasteiger charge is 2.12. The molecule has 1 N–H and O–H groups in total. The van der Waals surface area contributed by atoms with E-state index in [2.05, 4.69) is 10.6 Å². The van der Waals surface area contributed by atoms with Crippen LogP contribution in [0.5, 0.6) is 0 Å². The van der Waals surface area contributed by atoms with Gasteiger partial charge < -0.3 is 5.32 Å². The van der Waals surface area contributed by atoms with Crippen molar-refractivity contribution in [1.82, 2.24) is 10.6 Å². The van der Waals surface area contributed by atoms with Gasteiger partial charge in [-0.1, -0.05) is 0 Å². The van der Waals surface area contributed by atoms with Crippen molar-refractivity contribution in [2.75, 3.05) is 6.54 Å². The third-order valence-electron chi connectivity index (χ3n) is 1.25. The predicted octanol–water partition coefficient (Wildman–Crippen LogP) is -0.543. The molecule has 1 fully saturated rings. The Morgan fingerprint density at radius 3 is 3.12 bits per heavy atom. The van der Waals surface area contributed by atoms with Crippen LogP contribution in [0.25, 0.3) is 0 Å². The van der Waals surface area contributed by atoms with Crippen LogP contribution >= 0.6 is 0 Å². The first-order valence-electron chi connectivity index (χ1n) is 2.80. The molecule has 1 saturated heterocycles. The van der Waals surface area contributed by atoms with Crippen molar-refractivity contribution >= 4 is 6.41 Å². The maximum absolute atomic E-state index is 9.79. The molecule has 1 aliphatic heterocycles. The SMILES string of the molecule is O=CN[C@H]1CCC[N]1. The molecule has 1 atom stereocenters. The van der Waals surface area contributed by atoms with Gasteiger partial charge in [0.1, 0.15) is 0 Å². The van der Waals surface area contributed by atoms with Crippen molar-refractivity contribution in [1.29, 1.82) is 0 Å². The summed E-state index contributed by atoms with van der Waals surface area (Å²) in [6.07, 6.45) is 2.96. The number of nitrogens with one attached hydrogen (secondary N) is 1. The minimum absolute atomic E-state index is 0.118. The Labute approximate surface area is 48.5 Å². The molecule has 0 saturated carbocycles. The summed E-state index contributed by atoms with van der Waals surface area (Å²) in [6, 6.07) is 0. The minimum Gasteiger partial charge on any atom is -0.342 e. The van der Waals surface area contributed by atoms with Gasteiger partial charge in [0.2, 0.25) is 6.41 Å². The Kier molecular flexibility index (Phi) is 1.86. The second-order valence-corrected chi connectivity index (χ2v) is 1.85. The molecule has 0 unspecified atom stereocenters. The van der Waals surface area contributed by atoms with Crippen molar-refractivity contribution in [3.8, 4) is 0 Å². The molecule has 0 aromatic carbocycles. The van der Waals surface area contributed by atoms with Crippen molar-refractivity contribution in [2.45, 2.75) is 19.0 Å². The highest BCUT2D eigenvalue weighted by Crippen LogP contribution is 2.01. The van der Waals surface area contributed by atoms with Crippen LogP contribution in [-0.4, -0.2) is 19.1 Å². The molecule has 1 radical (unpaired) electrons. The Bertz CT molecular complexity index is 78.5. The van der Waals surface area contributed by atoms with Gasteiger partial charge in [-0.15, -0.1) is 0 Å². The molecule has 8 heavy (non-hydrogen) atoms. The normalized spacial score (nSPS) is 27.8. The van der Waals surface area contributed by atoms with Gasteiger partial charge >= 0.3 is 0 Å². The molecule has 0 spiro atoms. The van der Waals surface area contributed by atoms with E-state index in [1.165, 1.54) is 0 Å². The van der Waals surface area contributed by atoms with Crippen LogP contribution in [0.3, 0.4) is 0 Å². The molecule has 3 nitrogen and oxygen atoms in total. The molecule has 0 aromatic rings. The van der Waals surface area contributed by atoms with E-state index in [1.807, 2.05) is 0 Å². The number of hydrogen-bond acceptors (Lipinski definition) is 1. The van der Waals surface area contributed by atoms with E-state index in [0.29, 0.717) is 6.41 Å². The zero-order chi connectivity index (χ0) is 5.82. The van der Waals surface area contributed by atoms with E-state index < -0.39 is 0 Å². The number of amides is 1. The second-order valence-electron chi connectivity index (χ2n) is 1.85. The lowest BCUT2D eigenvalue weighted by Gasteiger charge is -2.03. The van der Waals surface area contributed by atoms with E-state index in [1.54, 1.807) is 0 Å². The van der Waals surface area contributed by atoms with Crippen LogP contribution in [0.4, 0.5) is 0 Å². The molecular formula is C5H9N2O. The van der Waals surface area contributed by atoms with Gasteiger partial charge in [0, 0.05) is 6.54 Å². The largest absolute Gasteiger partial charge is 0.342 e. The van der Waals surface area contributed by atoms with E-state index in [0.717, 1.165) is 19.4 Å². The van der Waals surface area contributed by atoms with Crippen LogP contribution in [0.1, 0.15) is 12.8 Å². The number of carbonyl (C=O) groups excluding carboxylic acids is 1. The summed E-state index contributed by atoms with van der Waals surface area (Å²) < 4.78 is 0. The lowest BCUT2D eigenvalue weighted by Crippen LogP contribution is -2.31. The van der Waals surface area contributed by atoms with Crippen LogP contribution in [0.15, 0.2) is 0 Å². The van der Waals surface area contributed by atoms with Gasteiger partial charge in [-0.3, -0.25) is 4.79 Å². The molecule has 0 aliphatic carbocycles. The molecule has 0 aromatic heterocycles. The second kappa shape index (κ2) is 2.67. The number of carbonyl (C=O) groups is 1. The van der Waals surface area contributed by atoms with Crippen LogP contribution in [0.2, 0.25) is 0 Å². The van der Waals surface area contributed by atoms with Crippen LogP contribution in [-0.2, 0) is 4.79 Å². The average molecular weight is 113 g/mol. The fourth-order valence-corrected chi connectivity index (χ4v) is 0.838. The standard InChI is InChI=1S/C5H9N2O/c8-4-7-5-2-1-3-6-5/h4-5H,1-3H2,(H,7,8)/t5-/m0/s1. The summed E-state index contributed by atoms with van der Waals surface area (Å²) in [7, 11) is 0. The molecule has 1 heterocycles. The first kappa shape index (κ1) is 5.56. The Balaban J connectivity index is 2.14. The Morgan fingerprint density at radius 1 is 1.75 bits per heavy atom. The lowest BCUT2D eigenvalue weighted by molar-refractivity contribution is -0.110. The van der Waals surface area contributed by atoms with Crippen LogP contribution < -0.4 is 10.6 Å². The molecule has 1 aliphatic rings. The van der Waals surface area contributed by atoms with Gasteiger partial charge in [-0.2, -0.15) is 0 Å². The lowest BCUT2D eigenvalue weighted by atomic mass is 10.3. The Hall–Kier alpha value is -0.570. The van der Waals surface area contributed by atoms with Crippen molar-refractivity contribution in [3.63, 3.8) is 0 Å². The first-order valence-corrected chi connectivity index (χ1v) is 2.80. The molecule has 1 rings (SSSR count). The number of rotatable bonds is 2. The smallest absolute Gasteiger partial charge is 0.208 e. The van der Waals surface area contributed by atoms with Gasteiger partial charge in [0.05, 0.1) is 6.17 Å². The van der Waals surface area contributed by atoms with E-state index in [-0.39, 0.29) is 6.17 Å². The maximum atomic E-state index is 9.79. The van der Waals surface area contributed by atoms with Crippen molar-refractivity contribution < 1.29 is 4.79 Å². The van der Waals surface area contributed by atoms with Crippen molar-refractivity contribution in [3.05, 3.63) is 0 Å². The van der Waals surface area contributed by atoms with Crippen molar-refractivity contribution in [2.24, 2.45) is 0 Å². The highest BCUT2D eigenvalue weighted by molar-refractivity contribution is 5.46. The monoisotopic (exact) mass is 113 g/mol. The zero-order valence-electron chi connectivity index (χ0n) is 4.63. The van der Waals surface area contributed by atoms with Crippen LogP contribution in [0, 0.1) is 0 Å². The number of nitrogens with zero attached hydrogens (tertiary/aromatic N) is 1. The summed E-state index contributed by atoms with van der Waals surface area (Å²) in [4.78, 5) is 9.79. The summed E-state index contributed by atoms with van der Waals surface area (Å²) >= 11 is 0. The van der Waals surface area contributed by atoms with Gasteiger partial charge in [0.25, 0.3) is 0 Å². The quantitative estimate of drug-likeness (QED) is 0.480. The van der Waals surface area contributed by atoms with E-state index in [4.69, 9.17) is 0 Å². The highest BCUT2D eigenvalue weighted by atomic mass is 16.1. The fraction of sp³-hybridized carbons (Fsp3) is 0.800. The molecule has 1 amide bonds. The van der Waals surface area contributed by atoms with Gasteiger partial charge in [0.15, 0.2) is 0 Å². The van der Waals surface area contributed by atoms with Gasteiger partial charge in [-0.25, -0.2) is 5.32 Å². The molecular weight excluding hydrogens is 104 g/mol. The minimum atomic E-state index is 0.118. The summed E-state index contributed by atoms with van der Waals surface area (Å²) in [6.45, 7) is 0.908. The number of hydrogen-bond donors (Lipinski definition) is 1. The zero-order valence-corrected chi connectivity index (χ0v) is 4.63. The predicted molar refractivity (Wildman–Crippen MR) is 29.2 cm³/mol. The molecule has 45 valence electrons. The Morgan fingerprint density at radius 2 is 2.62 bits per heavy atom. The molecule has 3 heteroatoms. The topological polar surface area (TPSA) is 43.2 Å². The summed E-state index contributed by atoms with van der Waals surface area (Å²) in [5.41, 5.74) is 0. The molecule has 0 bridgehead atoms. The first-order chi connectivity index (χ1) is 3.93. The van der Waals surface area contributed by atoms with Gasteiger partial charge in [-0.05, 0) is 12.8 Å². The fourth-order valence-electron chi connectivity index (χ4n) is 0.838. The summed E-state index contributed by atoms with van der Waals surface area (Å²) in [5, 5.41) is 6.68.